The summed E-state index contributed by atoms with van der Waals surface area (Å²) in [4.78, 5) is 15.0. The number of imidazole rings is 1. The van der Waals surface area contributed by atoms with E-state index in [-0.39, 0.29) is 17.4 Å². The molecule has 0 aliphatic carbocycles. The van der Waals surface area contributed by atoms with Crippen LogP contribution in [0.25, 0.3) is 11.0 Å². The van der Waals surface area contributed by atoms with Crippen molar-refractivity contribution in [1.29, 1.82) is 0 Å². The molecule has 0 amide bonds. The molecule has 2 heterocycles. The van der Waals surface area contributed by atoms with Crippen molar-refractivity contribution in [1.82, 2.24) is 9.55 Å². The molecule has 0 N–H and O–H groups in total. The van der Waals surface area contributed by atoms with Gasteiger partial charge in [-0.05, 0) is 28.9 Å². The first-order chi connectivity index (χ1) is 8.13. The number of rotatable bonds is 1. The Hall–Kier alpha value is -1.43. The summed E-state index contributed by atoms with van der Waals surface area (Å²) < 4.78 is 21.6. The van der Waals surface area contributed by atoms with Crippen LogP contribution >= 0.6 is 15.9 Å². The van der Waals surface area contributed by atoms with Crippen LogP contribution in [0.3, 0.4) is 0 Å². The second kappa shape index (κ2) is 3.53. The largest absolute Gasteiger partial charge is 0.488 e. The number of aldehydes is 1. The summed E-state index contributed by atoms with van der Waals surface area (Å²) in [6.45, 7) is 2.33. The molecule has 2 aromatic rings. The highest BCUT2D eigenvalue weighted by Gasteiger charge is 2.27. The van der Waals surface area contributed by atoms with Gasteiger partial charge < -0.3 is 9.30 Å². The third kappa shape index (κ3) is 1.33. The van der Waals surface area contributed by atoms with E-state index in [4.69, 9.17) is 4.74 Å². The smallest absolute Gasteiger partial charge is 0.185 e. The second-order valence-electron chi connectivity index (χ2n) is 3.98. The average Bonchev–Trinajstić information content (AvgIpc) is 2.69. The van der Waals surface area contributed by atoms with E-state index in [2.05, 4.69) is 20.9 Å². The highest BCUT2D eigenvalue weighted by Crippen LogP contribution is 2.40. The molecule has 6 heteroatoms. The number of hydrogen-bond donors (Lipinski definition) is 0. The lowest BCUT2D eigenvalue weighted by Crippen LogP contribution is -2.21. The maximum atomic E-state index is 13.8. The fourth-order valence-electron chi connectivity index (χ4n) is 2.14. The Kier molecular flexibility index (Phi) is 2.22. The van der Waals surface area contributed by atoms with Crippen LogP contribution in [0.2, 0.25) is 0 Å². The number of nitrogens with zero attached hydrogens (tertiary/aromatic N) is 2. The van der Waals surface area contributed by atoms with E-state index in [1.54, 1.807) is 4.57 Å². The summed E-state index contributed by atoms with van der Waals surface area (Å²) in [5.74, 6) is 0.310. The van der Waals surface area contributed by atoms with Gasteiger partial charge in [0.1, 0.15) is 17.6 Å². The molecule has 0 radical (unpaired) electrons. The summed E-state index contributed by atoms with van der Waals surface area (Å²) >= 11 is 3.25. The summed E-state index contributed by atoms with van der Waals surface area (Å²) in [6, 6.07) is 1.26. The van der Waals surface area contributed by atoms with Gasteiger partial charge in [0.25, 0.3) is 0 Å². The first-order valence-corrected chi connectivity index (χ1v) is 5.90. The van der Waals surface area contributed by atoms with Crippen LogP contribution in [0.4, 0.5) is 4.39 Å². The Morgan fingerprint density at radius 1 is 1.71 bits per heavy atom. The predicted octanol–water partition coefficient (Wildman–Crippen LogP) is 2.70. The van der Waals surface area contributed by atoms with Gasteiger partial charge in [-0.3, -0.25) is 4.79 Å². The summed E-state index contributed by atoms with van der Waals surface area (Å²) in [5, 5.41) is 0. The summed E-state index contributed by atoms with van der Waals surface area (Å²) in [7, 11) is 0. The maximum Gasteiger partial charge on any atom is 0.185 e. The van der Waals surface area contributed by atoms with Gasteiger partial charge in [-0.25, -0.2) is 9.37 Å². The van der Waals surface area contributed by atoms with Crippen molar-refractivity contribution in [3.63, 3.8) is 0 Å². The van der Waals surface area contributed by atoms with Gasteiger partial charge in [-0.2, -0.15) is 0 Å². The lowest BCUT2D eigenvalue weighted by Gasteiger charge is -2.24. The molecule has 4 nitrogen and oxygen atoms in total. The number of carbonyl (C=O) groups excluding carboxylic acids is 1. The molecule has 0 bridgehead atoms. The third-order valence-corrected chi connectivity index (χ3v) is 3.45. The molecule has 17 heavy (non-hydrogen) atoms. The van der Waals surface area contributed by atoms with Crippen LogP contribution in [-0.4, -0.2) is 22.4 Å². The van der Waals surface area contributed by atoms with E-state index in [1.165, 1.54) is 6.07 Å². The standard InChI is InChI=1S/C11H8BrFN2O2/c1-5-4-17-11-6(12)2-7(13)9-10(11)15(5)8(3-16)14-9/h2-3,5H,4H2,1H3. The van der Waals surface area contributed by atoms with E-state index in [0.29, 0.717) is 28.6 Å². The first-order valence-electron chi connectivity index (χ1n) is 5.11. The normalized spacial score (nSPS) is 18.2. The Balaban J connectivity index is 2.52. The quantitative estimate of drug-likeness (QED) is 0.760. The van der Waals surface area contributed by atoms with Crippen molar-refractivity contribution < 1.29 is 13.9 Å². The zero-order valence-corrected chi connectivity index (χ0v) is 10.5. The molecular weight excluding hydrogens is 291 g/mol. The highest BCUT2D eigenvalue weighted by molar-refractivity contribution is 9.10. The van der Waals surface area contributed by atoms with Crippen LogP contribution < -0.4 is 4.74 Å². The molecule has 0 spiro atoms. The first kappa shape index (κ1) is 10.7. The molecule has 88 valence electrons. The number of hydrogen-bond acceptors (Lipinski definition) is 3. The van der Waals surface area contributed by atoms with Crippen molar-refractivity contribution in [2.24, 2.45) is 0 Å². The second-order valence-corrected chi connectivity index (χ2v) is 4.84. The van der Waals surface area contributed by atoms with E-state index >= 15 is 0 Å². The third-order valence-electron chi connectivity index (χ3n) is 2.87. The van der Waals surface area contributed by atoms with Crippen molar-refractivity contribution >= 4 is 33.2 Å². The van der Waals surface area contributed by atoms with Gasteiger partial charge in [0.15, 0.2) is 23.7 Å². The molecular formula is C11H8BrFN2O2. The Morgan fingerprint density at radius 2 is 2.47 bits per heavy atom. The minimum absolute atomic E-state index is 0.0404. The van der Waals surface area contributed by atoms with Crippen LogP contribution in [0, 0.1) is 5.82 Å². The number of aromatic nitrogens is 2. The number of ether oxygens (including phenoxy) is 1. The van der Waals surface area contributed by atoms with Crippen LogP contribution in [0.15, 0.2) is 10.5 Å². The van der Waals surface area contributed by atoms with E-state index < -0.39 is 5.82 Å². The molecule has 1 atom stereocenters. The Labute approximate surface area is 105 Å². The molecule has 0 saturated carbocycles. The topological polar surface area (TPSA) is 44.1 Å². The van der Waals surface area contributed by atoms with Crippen LogP contribution in [0.5, 0.6) is 5.75 Å². The predicted molar refractivity (Wildman–Crippen MR) is 63.0 cm³/mol. The molecule has 1 aliphatic rings. The number of carbonyl (C=O) groups is 1. The minimum Gasteiger partial charge on any atom is -0.488 e. The van der Waals surface area contributed by atoms with Crippen molar-refractivity contribution in [3.8, 4) is 5.75 Å². The van der Waals surface area contributed by atoms with Crippen molar-refractivity contribution in [2.75, 3.05) is 6.61 Å². The van der Waals surface area contributed by atoms with Crippen LogP contribution in [-0.2, 0) is 0 Å². The lowest BCUT2D eigenvalue weighted by molar-refractivity contribution is 0.110. The zero-order chi connectivity index (χ0) is 12.2. The van der Waals surface area contributed by atoms with Gasteiger partial charge in [-0.15, -0.1) is 0 Å². The Bertz CT molecular complexity index is 638. The van der Waals surface area contributed by atoms with E-state index in [1.807, 2.05) is 6.92 Å². The van der Waals surface area contributed by atoms with Gasteiger partial charge in [0.05, 0.1) is 10.5 Å². The van der Waals surface area contributed by atoms with Gasteiger partial charge >= 0.3 is 0 Å². The molecule has 1 aromatic heterocycles. The lowest BCUT2D eigenvalue weighted by atomic mass is 10.2. The summed E-state index contributed by atoms with van der Waals surface area (Å²) in [6.07, 6.45) is 0.638. The monoisotopic (exact) mass is 298 g/mol. The molecule has 0 saturated heterocycles. The maximum absolute atomic E-state index is 13.8. The fraction of sp³-hybridized carbons (Fsp3) is 0.273. The number of halogens is 2. The molecule has 3 rings (SSSR count). The number of benzene rings is 1. The Morgan fingerprint density at radius 3 is 3.18 bits per heavy atom. The fourth-order valence-corrected chi connectivity index (χ4v) is 2.64. The van der Waals surface area contributed by atoms with Crippen LogP contribution in [0.1, 0.15) is 23.6 Å². The van der Waals surface area contributed by atoms with E-state index in [0.717, 1.165) is 0 Å². The van der Waals surface area contributed by atoms with Crippen molar-refractivity contribution in [3.05, 3.63) is 22.2 Å². The molecule has 0 fully saturated rings. The van der Waals surface area contributed by atoms with Gasteiger partial charge in [0, 0.05) is 0 Å². The highest BCUT2D eigenvalue weighted by atomic mass is 79.9. The zero-order valence-electron chi connectivity index (χ0n) is 8.91. The average molecular weight is 299 g/mol. The SMILES string of the molecule is CC1COc2c(Br)cc(F)c3nc(C=O)n1c23. The molecule has 1 aliphatic heterocycles. The summed E-state index contributed by atoms with van der Waals surface area (Å²) in [5.41, 5.74) is 0.717. The van der Waals surface area contributed by atoms with Gasteiger partial charge in [0.2, 0.25) is 0 Å². The minimum atomic E-state index is -0.463. The molecule has 1 aromatic carbocycles. The van der Waals surface area contributed by atoms with E-state index in [9.17, 15) is 9.18 Å². The van der Waals surface area contributed by atoms with Crippen molar-refractivity contribution in [2.45, 2.75) is 13.0 Å². The van der Waals surface area contributed by atoms with Gasteiger partial charge in [-0.1, -0.05) is 0 Å². The molecule has 1 unspecified atom stereocenters.